The number of carbonyl (C=O) groups excluding carboxylic acids is 1. The number of benzene rings is 2. The molecule has 1 amide bonds. The highest BCUT2D eigenvalue weighted by atomic mass is 32.2. The predicted octanol–water partition coefficient (Wildman–Crippen LogP) is 4.14. The first-order valence-electron chi connectivity index (χ1n) is 6.99. The second-order valence-corrected chi connectivity index (χ2v) is 5.79. The van der Waals surface area contributed by atoms with Crippen LogP contribution in [0, 0.1) is 0 Å². The highest BCUT2D eigenvalue weighted by molar-refractivity contribution is 7.99. The van der Waals surface area contributed by atoms with Crippen molar-refractivity contribution in [2.45, 2.75) is 18.2 Å². The van der Waals surface area contributed by atoms with Gasteiger partial charge in [0.05, 0.1) is 16.8 Å². The number of carbonyl (C=O) groups is 2. The van der Waals surface area contributed by atoms with Crippen molar-refractivity contribution in [2.24, 2.45) is 0 Å². The molecular formula is C17H17NO3S. The molecule has 0 saturated carbocycles. The van der Waals surface area contributed by atoms with Gasteiger partial charge in [-0.3, -0.25) is 4.79 Å². The third kappa shape index (κ3) is 3.89. The van der Waals surface area contributed by atoms with Crippen molar-refractivity contribution >= 4 is 29.3 Å². The normalized spacial score (nSPS) is 10.2. The number of para-hydroxylation sites is 1. The van der Waals surface area contributed by atoms with E-state index in [0.717, 1.165) is 17.1 Å². The average Bonchev–Trinajstić information content (AvgIpc) is 2.54. The Morgan fingerprint density at radius 3 is 2.36 bits per heavy atom. The van der Waals surface area contributed by atoms with Gasteiger partial charge >= 0.3 is 5.97 Å². The van der Waals surface area contributed by atoms with E-state index in [9.17, 15) is 9.59 Å². The summed E-state index contributed by atoms with van der Waals surface area (Å²) >= 11 is 1.66. The number of carboxylic acids is 1. The number of anilines is 1. The molecule has 4 nitrogen and oxygen atoms in total. The lowest BCUT2D eigenvalue weighted by atomic mass is 10.1. The SMILES string of the molecule is CCCSc1ccccc1NC(=O)c1ccccc1C(=O)O. The van der Waals surface area contributed by atoms with Crippen molar-refractivity contribution in [3.05, 3.63) is 59.7 Å². The molecule has 0 radical (unpaired) electrons. The zero-order valence-electron chi connectivity index (χ0n) is 12.2. The predicted molar refractivity (Wildman–Crippen MR) is 88.8 cm³/mol. The van der Waals surface area contributed by atoms with E-state index in [0.29, 0.717) is 5.69 Å². The smallest absolute Gasteiger partial charge is 0.336 e. The largest absolute Gasteiger partial charge is 0.478 e. The van der Waals surface area contributed by atoms with Gasteiger partial charge in [0.2, 0.25) is 0 Å². The third-order valence-corrected chi connectivity index (χ3v) is 4.28. The quantitative estimate of drug-likeness (QED) is 0.786. The van der Waals surface area contributed by atoms with Gasteiger partial charge in [0, 0.05) is 4.90 Å². The molecule has 0 fully saturated rings. The Morgan fingerprint density at radius 2 is 1.68 bits per heavy atom. The zero-order valence-corrected chi connectivity index (χ0v) is 13.0. The highest BCUT2D eigenvalue weighted by Gasteiger charge is 2.16. The van der Waals surface area contributed by atoms with Crippen molar-refractivity contribution in [3.8, 4) is 0 Å². The van der Waals surface area contributed by atoms with E-state index in [1.165, 1.54) is 12.1 Å². The van der Waals surface area contributed by atoms with E-state index in [4.69, 9.17) is 5.11 Å². The molecule has 0 aliphatic carbocycles. The summed E-state index contributed by atoms with van der Waals surface area (Å²) in [7, 11) is 0. The van der Waals surface area contributed by atoms with Crippen molar-refractivity contribution in [1.82, 2.24) is 0 Å². The maximum absolute atomic E-state index is 12.4. The maximum atomic E-state index is 12.4. The highest BCUT2D eigenvalue weighted by Crippen LogP contribution is 2.28. The molecule has 0 unspecified atom stereocenters. The molecule has 0 spiro atoms. The van der Waals surface area contributed by atoms with Crippen LogP contribution in [0.2, 0.25) is 0 Å². The lowest BCUT2D eigenvalue weighted by molar-refractivity contribution is 0.0692. The standard InChI is InChI=1S/C17H17NO3S/c1-2-11-22-15-10-6-5-9-14(15)18-16(19)12-7-3-4-8-13(12)17(20)21/h3-10H,2,11H2,1H3,(H,18,19)(H,20,21). The molecule has 0 bridgehead atoms. The first-order valence-corrected chi connectivity index (χ1v) is 7.97. The number of rotatable bonds is 6. The first kappa shape index (κ1) is 16.1. The minimum Gasteiger partial charge on any atom is -0.478 e. The molecule has 0 atom stereocenters. The summed E-state index contributed by atoms with van der Waals surface area (Å²) in [5, 5.41) is 12.0. The van der Waals surface area contributed by atoms with Gasteiger partial charge in [-0.05, 0) is 36.4 Å². The number of hydrogen-bond donors (Lipinski definition) is 2. The van der Waals surface area contributed by atoms with Gasteiger partial charge in [-0.2, -0.15) is 0 Å². The number of amides is 1. The van der Waals surface area contributed by atoms with Crippen molar-refractivity contribution in [3.63, 3.8) is 0 Å². The minimum absolute atomic E-state index is 0.00121. The van der Waals surface area contributed by atoms with Gasteiger partial charge in [-0.1, -0.05) is 31.2 Å². The van der Waals surface area contributed by atoms with Crippen LogP contribution in [0.5, 0.6) is 0 Å². The summed E-state index contributed by atoms with van der Waals surface area (Å²) in [5.74, 6) is -0.569. The van der Waals surface area contributed by atoms with Crippen LogP contribution in [0.1, 0.15) is 34.1 Å². The summed E-state index contributed by atoms with van der Waals surface area (Å²) in [5.41, 5.74) is 0.857. The summed E-state index contributed by atoms with van der Waals surface area (Å²) < 4.78 is 0. The molecule has 0 aromatic heterocycles. The van der Waals surface area contributed by atoms with Crippen LogP contribution in [0.3, 0.4) is 0 Å². The maximum Gasteiger partial charge on any atom is 0.336 e. The van der Waals surface area contributed by atoms with Gasteiger partial charge in [0.1, 0.15) is 0 Å². The van der Waals surface area contributed by atoms with Crippen LogP contribution < -0.4 is 5.32 Å². The number of nitrogens with one attached hydrogen (secondary N) is 1. The van der Waals surface area contributed by atoms with Crippen LogP contribution >= 0.6 is 11.8 Å². The van der Waals surface area contributed by atoms with E-state index >= 15 is 0 Å². The van der Waals surface area contributed by atoms with E-state index in [-0.39, 0.29) is 11.1 Å². The van der Waals surface area contributed by atoms with Crippen molar-refractivity contribution in [2.75, 3.05) is 11.1 Å². The van der Waals surface area contributed by atoms with E-state index in [2.05, 4.69) is 12.2 Å². The third-order valence-electron chi connectivity index (χ3n) is 3.00. The molecule has 114 valence electrons. The van der Waals surface area contributed by atoms with Gasteiger partial charge in [-0.15, -0.1) is 11.8 Å². The summed E-state index contributed by atoms with van der Waals surface area (Å²) in [6, 6.07) is 13.7. The second kappa shape index (κ2) is 7.66. The minimum atomic E-state index is -1.11. The Kier molecular flexibility index (Phi) is 5.61. The average molecular weight is 315 g/mol. The van der Waals surface area contributed by atoms with Crippen molar-refractivity contribution in [1.29, 1.82) is 0 Å². The monoisotopic (exact) mass is 315 g/mol. The number of hydrogen-bond acceptors (Lipinski definition) is 3. The van der Waals surface area contributed by atoms with Crippen LogP contribution in [0.15, 0.2) is 53.4 Å². The Labute approximate surface area is 133 Å². The van der Waals surface area contributed by atoms with E-state index < -0.39 is 11.9 Å². The Morgan fingerprint density at radius 1 is 1.05 bits per heavy atom. The molecule has 0 aliphatic rings. The lowest BCUT2D eigenvalue weighted by Crippen LogP contribution is -2.16. The molecule has 22 heavy (non-hydrogen) atoms. The van der Waals surface area contributed by atoms with E-state index in [1.54, 1.807) is 23.9 Å². The molecule has 5 heteroatoms. The molecule has 0 aliphatic heterocycles. The molecule has 2 aromatic rings. The summed E-state index contributed by atoms with van der Waals surface area (Å²) in [6.07, 6.45) is 1.04. The Hall–Kier alpha value is -2.27. The number of thioether (sulfide) groups is 1. The van der Waals surface area contributed by atoms with Gasteiger partial charge < -0.3 is 10.4 Å². The fraction of sp³-hybridized carbons (Fsp3) is 0.176. The second-order valence-electron chi connectivity index (χ2n) is 4.65. The van der Waals surface area contributed by atoms with Crippen LogP contribution in [-0.4, -0.2) is 22.7 Å². The number of aromatic carboxylic acids is 1. The lowest BCUT2D eigenvalue weighted by Gasteiger charge is -2.11. The topological polar surface area (TPSA) is 66.4 Å². The Balaban J connectivity index is 2.25. The molecular weight excluding hydrogens is 298 g/mol. The fourth-order valence-electron chi connectivity index (χ4n) is 1.97. The van der Waals surface area contributed by atoms with Crippen LogP contribution in [-0.2, 0) is 0 Å². The van der Waals surface area contributed by atoms with Gasteiger partial charge in [-0.25, -0.2) is 4.79 Å². The molecule has 0 saturated heterocycles. The Bertz CT molecular complexity index is 685. The number of carboxylic acid groups (broad SMARTS) is 1. The molecule has 0 heterocycles. The van der Waals surface area contributed by atoms with Crippen LogP contribution in [0.25, 0.3) is 0 Å². The molecule has 2 N–H and O–H groups in total. The first-order chi connectivity index (χ1) is 10.6. The zero-order chi connectivity index (χ0) is 15.9. The molecule has 2 aromatic carbocycles. The molecule has 2 rings (SSSR count). The van der Waals surface area contributed by atoms with Gasteiger partial charge in [0.15, 0.2) is 0 Å². The van der Waals surface area contributed by atoms with Gasteiger partial charge in [0.25, 0.3) is 5.91 Å². The van der Waals surface area contributed by atoms with Crippen molar-refractivity contribution < 1.29 is 14.7 Å². The fourth-order valence-corrected chi connectivity index (χ4v) is 2.84. The van der Waals surface area contributed by atoms with E-state index in [1.807, 2.05) is 24.3 Å². The van der Waals surface area contributed by atoms with Crippen LogP contribution in [0.4, 0.5) is 5.69 Å². The summed E-state index contributed by atoms with van der Waals surface area (Å²) in [6.45, 7) is 2.09. The summed E-state index contributed by atoms with van der Waals surface area (Å²) in [4.78, 5) is 24.6.